The van der Waals surface area contributed by atoms with Crippen molar-refractivity contribution in [2.45, 2.75) is 26.3 Å². The second-order valence-corrected chi connectivity index (χ2v) is 6.85. The molecule has 0 bridgehead atoms. The first-order valence-electron chi connectivity index (χ1n) is 9.77. The molecule has 1 aromatic heterocycles. The Morgan fingerprint density at radius 3 is 2.93 bits per heavy atom. The monoisotopic (exact) mass is 387 g/mol. The predicted octanol–water partition coefficient (Wildman–Crippen LogP) is 4.46. The molecule has 1 heterocycles. The fourth-order valence-corrected chi connectivity index (χ4v) is 3.17. The molecular weight excluding hydrogens is 362 g/mol. The van der Waals surface area contributed by atoms with Crippen molar-refractivity contribution >= 4 is 22.9 Å². The molecule has 0 aliphatic rings. The summed E-state index contributed by atoms with van der Waals surface area (Å²) in [5.41, 5.74) is 3.20. The molecule has 1 amide bonds. The van der Waals surface area contributed by atoms with E-state index in [1.54, 1.807) is 6.08 Å². The Balaban J connectivity index is 1.50. The number of ether oxygens (including phenoxy) is 1. The minimum atomic E-state index is -0.130. The molecule has 3 rings (SSSR count). The zero-order chi connectivity index (χ0) is 20.5. The van der Waals surface area contributed by atoms with Crippen LogP contribution in [0, 0.1) is 18.3 Å². The summed E-state index contributed by atoms with van der Waals surface area (Å²) in [5, 5.41) is 12.8. The van der Waals surface area contributed by atoms with Gasteiger partial charge in [-0.1, -0.05) is 30.3 Å². The van der Waals surface area contributed by atoms with Crippen LogP contribution in [0.5, 0.6) is 5.75 Å². The van der Waals surface area contributed by atoms with E-state index in [1.807, 2.05) is 67.7 Å². The van der Waals surface area contributed by atoms with E-state index in [4.69, 9.17) is 10.00 Å². The molecule has 0 unspecified atom stereocenters. The maximum atomic E-state index is 12.1. The van der Waals surface area contributed by atoms with Crippen molar-refractivity contribution in [3.8, 4) is 11.8 Å². The van der Waals surface area contributed by atoms with Crippen LogP contribution in [0.4, 0.5) is 0 Å². The van der Waals surface area contributed by atoms with E-state index in [1.165, 1.54) is 0 Å². The van der Waals surface area contributed by atoms with Gasteiger partial charge in [0.25, 0.3) is 0 Å². The lowest BCUT2D eigenvalue weighted by Gasteiger charge is -2.07. The first-order valence-corrected chi connectivity index (χ1v) is 9.77. The fourth-order valence-electron chi connectivity index (χ4n) is 3.17. The first kappa shape index (κ1) is 20.2. The van der Waals surface area contributed by atoms with Gasteiger partial charge in [-0.2, -0.15) is 5.26 Å². The van der Waals surface area contributed by atoms with E-state index < -0.39 is 0 Å². The summed E-state index contributed by atoms with van der Waals surface area (Å²) in [7, 11) is 0. The first-order chi connectivity index (χ1) is 14.2. The van der Waals surface area contributed by atoms with Crippen LogP contribution >= 0.6 is 0 Å². The highest BCUT2D eigenvalue weighted by Gasteiger charge is 2.06. The maximum Gasteiger partial charge on any atom is 0.244 e. The van der Waals surface area contributed by atoms with Gasteiger partial charge in [0.2, 0.25) is 5.91 Å². The fraction of sp³-hybridized carbons (Fsp3) is 0.250. The van der Waals surface area contributed by atoms with Crippen LogP contribution < -0.4 is 10.1 Å². The minimum Gasteiger partial charge on any atom is -0.494 e. The lowest BCUT2D eigenvalue weighted by molar-refractivity contribution is -0.116. The van der Waals surface area contributed by atoms with Crippen LogP contribution in [0.2, 0.25) is 0 Å². The largest absolute Gasteiger partial charge is 0.494 e. The predicted molar refractivity (Wildman–Crippen MR) is 116 cm³/mol. The van der Waals surface area contributed by atoms with Crippen molar-refractivity contribution < 1.29 is 9.53 Å². The summed E-state index contributed by atoms with van der Waals surface area (Å²) in [6, 6.07) is 18.1. The Labute approximate surface area is 171 Å². The van der Waals surface area contributed by atoms with E-state index in [0.717, 1.165) is 34.2 Å². The van der Waals surface area contributed by atoms with E-state index in [-0.39, 0.29) is 5.91 Å². The van der Waals surface area contributed by atoms with Crippen LogP contribution in [0.1, 0.15) is 24.0 Å². The SMILES string of the molecule is Cc1cccc(OCCCNC(=O)/C=C/c2cn(CCC#N)c3ccccc23)c1. The van der Waals surface area contributed by atoms with Crippen LogP contribution in [-0.4, -0.2) is 23.6 Å². The normalized spacial score (nSPS) is 10.9. The molecule has 0 radical (unpaired) electrons. The van der Waals surface area contributed by atoms with Gasteiger partial charge in [0.15, 0.2) is 0 Å². The van der Waals surface area contributed by atoms with Gasteiger partial charge in [0, 0.05) is 41.8 Å². The Morgan fingerprint density at radius 1 is 1.24 bits per heavy atom. The molecule has 0 aliphatic heterocycles. The molecule has 2 aromatic carbocycles. The van der Waals surface area contributed by atoms with Gasteiger partial charge in [-0.05, 0) is 43.2 Å². The number of hydrogen-bond acceptors (Lipinski definition) is 3. The molecule has 5 nitrogen and oxygen atoms in total. The second-order valence-electron chi connectivity index (χ2n) is 6.85. The number of benzene rings is 2. The molecule has 0 aliphatic carbocycles. The molecule has 5 heteroatoms. The van der Waals surface area contributed by atoms with Crippen molar-refractivity contribution in [2.24, 2.45) is 0 Å². The third-order valence-electron chi connectivity index (χ3n) is 4.58. The van der Waals surface area contributed by atoms with Crippen LogP contribution in [0.25, 0.3) is 17.0 Å². The standard InChI is InChI=1S/C24H25N3O2/c1-19-7-4-8-21(17-19)29-16-6-14-26-24(28)12-11-20-18-27(15-5-13-25)23-10-3-2-9-22(20)23/h2-4,7-12,17-18H,5-6,14-16H2,1H3,(H,26,28)/b12-11+. The minimum absolute atomic E-state index is 0.130. The van der Waals surface area contributed by atoms with Gasteiger partial charge in [-0.3, -0.25) is 4.79 Å². The molecule has 0 saturated carbocycles. The summed E-state index contributed by atoms with van der Waals surface area (Å²) in [5.74, 6) is 0.721. The van der Waals surface area contributed by atoms with Gasteiger partial charge in [-0.15, -0.1) is 0 Å². The number of aryl methyl sites for hydroxylation is 2. The number of fused-ring (bicyclic) bond motifs is 1. The molecule has 0 saturated heterocycles. The molecule has 1 N–H and O–H groups in total. The van der Waals surface area contributed by atoms with E-state index >= 15 is 0 Å². The van der Waals surface area contributed by atoms with Crippen LogP contribution in [0.15, 0.2) is 60.8 Å². The summed E-state index contributed by atoms with van der Waals surface area (Å²) in [6.07, 6.45) is 6.55. The second kappa shape index (κ2) is 10.1. The van der Waals surface area contributed by atoms with Gasteiger partial charge in [0.05, 0.1) is 19.1 Å². The quantitative estimate of drug-likeness (QED) is 0.435. The number of carbonyl (C=O) groups is 1. The number of para-hydroxylation sites is 1. The smallest absolute Gasteiger partial charge is 0.244 e. The van der Waals surface area contributed by atoms with Crippen LogP contribution in [-0.2, 0) is 11.3 Å². The number of nitrogens with one attached hydrogen (secondary N) is 1. The Kier molecular flexibility index (Phi) is 7.07. The molecule has 0 fully saturated rings. The van der Waals surface area contributed by atoms with Gasteiger partial charge in [0.1, 0.15) is 5.75 Å². The highest BCUT2D eigenvalue weighted by atomic mass is 16.5. The molecule has 0 spiro atoms. The van der Waals surface area contributed by atoms with Crippen molar-refractivity contribution in [3.05, 3.63) is 71.9 Å². The number of rotatable bonds is 9. The lowest BCUT2D eigenvalue weighted by Crippen LogP contribution is -2.23. The maximum absolute atomic E-state index is 12.1. The van der Waals surface area contributed by atoms with Crippen molar-refractivity contribution in [1.29, 1.82) is 5.26 Å². The summed E-state index contributed by atoms with van der Waals surface area (Å²) in [6.45, 7) is 3.77. The topological polar surface area (TPSA) is 67.0 Å². The van der Waals surface area contributed by atoms with Gasteiger partial charge >= 0.3 is 0 Å². The summed E-state index contributed by atoms with van der Waals surface area (Å²) >= 11 is 0. The molecule has 148 valence electrons. The Bertz CT molecular complexity index is 1040. The van der Waals surface area contributed by atoms with Crippen LogP contribution in [0.3, 0.4) is 0 Å². The number of nitriles is 1. The molecule has 3 aromatic rings. The van der Waals surface area contributed by atoms with Crippen molar-refractivity contribution in [1.82, 2.24) is 9.88 Å². The van der Waals surface area contributed by atoms with Crippen molar-refractivity contribution in [3.63, 3.8) is 0 Å². The van der Waals surface area contributed by atoms with Crippen molar-refractivity contribution in [2.75, 3.05) is 13.2 Å². The molecule has 0 atom stereocenters. The highest BCUT2D eigenvalue weighted by Crippen LogP contribution is 2.22. The zero-order valence-corrected chi connectivity index (χ0v) is 16.6. The summed E-state index contributed by atoms with van der Waals surface area (Å²) < 4.78 is 7.74. The Hall–Kier alpha value is -3.52. The van der Waals surface area contributed by atoms with E-state index in [2.05, 4.69) is 16.0 Å². The van der Waals surface area contributed by atoms with E-state index in [9.17, 15) is 4.79 Å². The molecular formula is C24H25N3O2. The van der Waals surface area contributed by atoms with Gasteiger partial charge < -0.3 is 14.6 Å². The molecule has 29 heavy (non-hydrogen) atoms. The average Bonchev–Trinajstić information content (AvgIpc) is 3.08. The highest BCUT2D eigenvalue weighted by molar-refractivity contribution is 5.96. The summed E-state index contributed by atoms with van der Waals surface area (Å²) in [4.78, 5) is 12.1. The third kappa shape index (κ3) is 5.73. The average molecular weight is 387 g/mol. The number of hydrogen-bond donors (Lipinski definition) is 1. The number of amides is 1. The third-order valence-corrected chi connectivity index (χ3v) is 4.58. The lowest BCUT2D eigenvalue weighted by atomic mass is 10.1. The number of carbonyl (C=O) groups excluding carboxylic acids is 1. The Morgan fingerprint density at radius 2 is 2.10 bits per heavy atom. The van der Waals surface area contributed by atoms with E-state index in [0.29, 0.717) is 26.1 Å². The van der Waals surface area contributed by atoms with Gasteiger partial charge in [-0.25, -0.2) is 0 Å². The zero-order valence-electron chi connectivity index (χ0n) is 16.6. The number of aromatic nitrogens is 1. The number of nitrogens with zero attached hydrogens (tertiary/aromatic N) is 2.